The monoisotopic (exact) mass is 136 g/mol. The fourth-order valence-corrected chi connectivity index (χ4v) is 1.54. The Morgan fingerprint density at radius 3 is 2.57 bits per heavy atom. The highest BCUT2D eigenvalue weighted by molar-refractivity contribution is 8.02. The summed E-state index contributed by atoms with van der Waals surface area (Å²) in [7, 11) is 3.86. The van der Waals surface area contributed by atoms with Gasteiger partial charge in [-0.3, -0.25) is 0 Å². The van der Waals surface area contributed by atoms with Crippen molar-refractivity contribution < 1.29 is 0 Å². The van der Waals surface area contributed by atoms with Crippen molar-refractivity contribution in [2.75, 3.05) is 6.16 Å². The lowest BCUT2D eigenvalue weighted by Gasteiger charge is -1.90. The molecular weight excluding hydrogens is 122 g/mol. The molecule has 2 heteroatoms. The van der Waals surface area contributed by atoms with Gasteiger partial charge >= 0.3 is 0 Å². The van der Waals surface area contributed by atoms with Gasteiger partial charge in [-0.25, -0.2) is 0 Å². The highest BCUT2D eigenvalue weighted by atomic mass is 32.0. The highest BCUT2D eigenvalue weighted by Gasteiger charge is 1.79. The predicted molar refractivity (Wildman–Crippen MR) is 42.4 cm³/mol. The summed E-state index contributed by atoms with van der Waals surface area (Å²) < 4.78 is 0. The minimum absolute atomic E-state index is 1.08. The zero-order valence-electron chi connectivity index (χ0n) is 4.91. The molecule has 0 aromatic carbocycles. The molecule has 0 N–H and O–H groups in total. The van der Waals surface area contributed by atoms with E-state index < -0.39 is 0 Å². The van der Waals surface area contributed by atoms with Gasteiger partial charge in [0.15, 0.2) is 0 Å². The van der Waals surface area contributed by atoms with Crippen molar-refractivity contribution in [1.29, 1.82) is 0 Å². The molecule has 0 fully saturated rings. The first-order valence-electron chi connectivity index (χ1n) is 2.85. The van der Waals surface area contributed by atoms with Gasteiger partial charge in [-0.05, 0) is 12.6 Å². The maximum Gasteiger partial charge on any atom is -0.0319 e. The second-order valence-electron chi connectivity index (χ2n) is 1.66. The summed E-state index contributed by atoms with van der Waals surface area (Å²) in [6.45, 7) is 2.24. The molecule has 2 atom stereocenters. The van der Waals surface area contributed by atoms with Crippen LogP contribution in [0, 0.1) is 0 Å². The van der Waals surface area contributed by atoms with Crippen LogP contribution in [0.3, 0.4) is 0 Å². The van der Waals surface area contributed by atoms with Gasteiger partial charge in [0, 0.05) is 0 Å². The van der Waals surface area contributed by atoms with Gasteiger partial charge in [-0.1, -0.05) is 19.8 Å². The van der Waals surface area contributed by atoms with Gasteiger partial charge in [0.05, 0.1) is 0 Å². The molecule has 0 rings (SSSR count). The first kappa shape index (κ1) is 7.86. The van der Waals surface area contributed by atoms with Gasteiger partial charge in [0.25, 0.3) is 0 Å². The first-order valence-corrected chi connectivity index (χ1v) is 5.87. The molecule has 0 saturated carbocycles. The average molecular weight is 136 g/mol. The summed E-state index contributed by atoms with van der Waals surface area (Å²) >= 11 is 0. The van der Waals surface area contributed by atoms with Crippen molar-refractivity contribution in [3.8, 4) is 0 Å². The largest absolute Gasteiger partial charge is 0.114 e. The molecule has 0 nitrogen and oxygen atoms in total. The van der Waals surface area contributed by atoms with Crippen molar-refractivity contribution in [2.45, 2.75) is 26.2 Å². The Morgan fingerprint density at radius 1 is 1.43 bits per heavy atom. The first-order chi connectivity index (χ1) is 3.41. The van der Waals surface area contributed by atoms with E-state index in [2.05, 4.69) is 15.9 Å². The average Bonchev–Trinajstić information content (AvgIpc) is 1.69. The van der Waals surface area contributed by atoms with E-state index in [-0.39, 0.29) is 0 Å². The van der Waals surface area contributed by atoms with Gasteiger partial charge < -0.3 is 0 Å². The molecule has 0 aromatic heterocycles. The van der Waals surface area contributed by atoms with Crippen molar-refractivity contribution in [2.24, 2.45) is 0 Å². The van der Waals surface area contributed by atoms with Crippen molar-refractivity contribution >= 4 is 17.2 Å². The Hall–Kier alpha value is 0.860. The Morgan fingerprint density at radius 2 is 2.14 bits per heavy atom. The number of hydrogen-bond donors (Lipinski definition) is 0. The zero-order chi connectivity index (χ0) is 5.54. The van der Waals surface area contributed by atoms with Crippen LogP contribution in [-0.4, -0.2) is 6.16 Å². The second kappa shape index (κ2) is 6.86. The molecule has 0 radical (unpaired) electrons. The summed E-state index contributed by atoms with van der Waals surface area (Å²) in [6.07, 6.45) is 5.62. The van der Waals surface area contributed by atoms with E-state index in [1.54, 1.807) is 0 Å². The lowest BCUT2D eigenvalue weighted by Crippen LogP contribution is -1.71. The fraction of sp³-hybridized carbons (Fsp3) is 1.00. The van der Waals surface area contributed by atoms with Crippen LogP contribution in [0.25, 0.3) is 0 Å². The molecule has 0 aliphatic carbocycles. The number of hydrogen-bond acceptors (Lipinski definition) is 0. The van der Waals surface area contributed by atoms with Crippen LogP contribution < -0.4 is 0 Å². The molecule has 0 spiro atoms. The summed E-state index contributed by atoms with van der Waals surface area (Å²) in [5.74, 6) is 0. The van der Waals surface area contributed by atoms with E-state index in [0.29, 0.717) is 0 Å². The molecule has 0 saturated heterocycles. The zero-order valence-corrected chi connectivity index (χ0v) is 7.06. The summed E-state index contributed by atoms with van der Waals surface area (Å²) in [5.41, 5.74) is 0. The van der Waals surface area contributed by atoms with Crippen LogP contribution in [-0.2, 0) is 0 Å². The Bertz CT molecular complexity index is 25.3. The maximum atomic E-state index is 2.78. The topological polar surface area (TPSA) is 0 Å². The quantitative estimate of drug-likeness (QED) is 0.411. The maximum absolute atomic E-state index is 2.78. The Labute approximate surface area is 50.3 Å². The molecule has 0 aliphatic heterocycles. The molecule has 2 unspecified atom stereocenters. The third kappa shape index (κ3) is 6.86. The summed E-state index contributed by atoms with van der Waals surface area (Å²) in [4.78, 5) is 0. The van der Waals surface area contributed by atoms with Crippen LogP contribution >= 0.6 is 17.2 Å². The predicted octanol–water partition coefficient (Wildman–Crippen LogP) is 2.65. The molecule has 0 aliphatic rings. The lowest BCUT2D eigenvalue weighted by molar-refractivity contribution is 0.778. The van der Waals surface area contributed by atoms with Gasteiger partial charge in [-0.2, -0.15) is 0 Å². The second-order valence-corrected chi connectivity index (χ2v) is 3.79. The molecule has 0 aromatic rings. The Balaban J connectivity index is 2.45. The summed E-state index contributed by atoms with van der Waals surface area (Å²) in [5, 5.41) is 0. The molecule has 0 amide bonds. The SMILES string of the molecule is CCCCCPP. The van der Waals surface area contributed by atoms with Crippen LogP contribution in [0.1, 0.15) is 26.2 Å². The van der Waals surface area contributed by atoms with E-state index >= 15 is 0 Å². The van der Waals surface area contributed by atoms with Crippen molar-refractivity contribution in [3.63, 3.8) is 0 Å². The third-order valence-electron chi connectivity index (χ3n) is 0.925. The van der Waals surface area contributed by atoms with Gasteiger partial charge in [-0.15, -0.1) is 17.2 Å². The molecular formula is C5H14P2. The summed E-state index contributed by atoms with van der Waals surface area (Å²) in [6, 6.07) is 0. The van der Waals surface area contributed by atoms with Crippen LogP contribution in [0.15, 0.2) is 0 Å². The van der Waals surface area contributed by atoms with E-state index in [0.717, 1.165) is 8.27 Å². The number of unbranched alkanes of at least 4 members (excludes halogenated alkanes) is 2. The highest BCUT2D eigenvalue weighted by Crippen LogP contribution is 2.21. The molecule has 7 heavy (non-hydrogen) atoms. The van der Waals surface area contributed by atoms with E-state index in [4.69, 9.17) is 0 Å². The molecule has 44 valence electrons. The van der Waals surface area contributed by atoms with E-state index in [1.165, 1.54) is 25.4 Å². The smallest absolute Gasteiger partial charge is 0.0319 e. The van der Waals surface area contributed by atoms with Crippen molar-refractivity contribution in [3.05, 3.63) is 0 Å². The lowest BCUT2D eigenvalue weighted by atomic mass is 10.3. The van der Waals surface area contributed by atoms with Crippen LogP contribution in [0.5, 0.6) is 0 Å². The van der Waals surface area contributed by atoms with Crippen LogP contribution in [0.2, 0.25) is 0 Å². The minimum Gasteiger partial charge on any atom is -0.114 e. The fourth-order valence-electron chi connectivity index (χ4n) is 0.477. The van der Waals surface area contributed by atoms with E-state index in [9.17, 15) is 0 Å². The Kier molecular flexibility index (Phi) is 7.70. The number of rotatable bonds is 4. The molecule has 0 heterocycles. The van der Waals surface area contributed by atoms with Crippen molar-refractivity contribution in [1.82, 2.24) is 0 Å². The van der Waals surface area contributed by atoms with Gasteiger partial charge in [0.2, 0.25) is 0 Å². The van der Waals surface area contributed by atoms with Gasteiger partial charge in [0.1, 0.15) is 0 Å². The van der Waals surface area contributed by atoms with Crippen LogP contribution in [0.4, 0.5) is 0 Å². The minimum atomic E-state index is 1.08. The normalized spacial score (nSPS) is 11.1. The van der Waals surface area contributed by atoms with E-state index in [1.807, 2.05) is 0 Å². The standard InChI is InChI=1S/C5H14P2/c1-2-3-4-5-7-6/h7H,2-6H2,1H3. The third-order valence-corrected chi connectivity index (χ3v) is 2.43. The molecule has 0 bridgehead atoms.